The number of nitro groups is 1. The first kappa shape index (κ1) is 17.2. The number of nitrogens with two attached hydrogens (primary N) is 1. The smallest absolute Gasteiger partial charge is 0.323 e. The monoisotopic (exact) mass is 352 g/mol. The highest BCUT2D eigenvalue weighted by Crippen LogP contribution is 2.26. The molecule has 0 saturated heterocycles. The van der Waals surface area contributed by atoms with Gasteiger partial charge in [-0.1, -0.05) is 0 Å². The predicted octanol–water partition coefficient (Wildman–Crippen LogP) is 1.59. The molecular weight excluding hydrogens is 340 g/mol. The van der Waals surface area contributed by atoms with Crippen molar-refractivity contribution in [2.75, 3.05) is 10.6 Å². The fourth-order valence-electron chi connectivity index (χ4n) is 1.74. The van der Waals surface area contributed by atoms with Crippen molar-refractivity contribution < 1.29 is 23.2 Å². The van der Waals surface area contributed by atoms with Crippen molar-refractivity contribution in [3.63, 3.8) is 0 Å². The molecule has 0 aliphatic carbocycles. The minimum absolute atomic E-state index is 0.139. The number of hydrogen-bond donors (Lipinski definition) is 4. The average Bonchev–Trinajstić information content (AvgIpc) is 2.48. The summed E-state index contributed by atoms with van der Waals surface area (Å²) in [6.07, 6.45) is 0. The Morgan fingerprint density at radius 3 is 2.29 bits per heavy atom. The summed E-state index contributed by atoms with van der Waals surface area (Å²) in [6, 6.07) is 7.41. The minimum atomic E-state index is -4.00. The second kappa shape index (κ2) is 6.52. The quantitative estimate of drug-likeness (QED) is 0.370. The second-order valence-corrected chi connectivity index (χ2v) is 6.17. The molecule has 0 aliphatic rings. The third-order valence-electron chi connectivity index (χ3n) is 2.88. The zero-order chi connectivity index (χ0) is 17.9. The van der Waals surface area contributed by atoms with Gasteiger partial charge in [0.25, 0.3) is 5.69 Å². The van der Waals surface area contributed by atoms with E-state index in [4.69, 9.17) is 5.14 Å². The molecule has 2 aromatic carbocycles. The molecule has 126 valence electrons. The first-order valence-electron chi connectivity index (χ1n) is 6.35. The lowest BCUT2D eigenvalue weighted by Crippen LogP contribution is -2.20. The number of sulfonamides is 1. The van der Waals surface area contributed by atoms with Crippen LogP contribution in [0.1, 0.15) is 0 Å². The van der Waals surface area contributed by atoms with Crippen molar-refractivity contribution in [2.24, 2.45) is 5.14 Å². The SMILES string of the molecule is NS(=O)(=O)c1ccc(O)c(NC(=O)Nc2ccc([N+](=O)[O-])cc2)c1. The largest absolute Gasteiger partial charge is 0.506 e. The molecule has 0 fully saturated rings. The number of urea groups is 1. The Labute approximate surface area is 136 Å². The first-order chi connectivity index (χ1) is 11.2. The van der Waals surface area contributed by atoms with Gasteiger partial charge >= 0.3 is 6.03 Å². The van der Waals surface area contributed by atoms with Crippen molar-refractivity contribution in [1.82, 2.24) is 0 Å². The molecule has 11 heteroatoms. The van der Waals surface area contributed by atoms with E-state index in [1.54, 1.807) is 0 Å². The number of hydrogen-bond acceptors (Lipinski definition) is 6. The molecule has 0 unspecified atom stereocenters. The number of nitrogens with zero attached hydrogens (tertiary/aromatic N) is 1. The van der Waals surface area contributed by atoms with Crippen LogP contribution in [-0.4, -0.2) is 24.5 Å². The third kappa shape index (κ3) is 4.18. The molecule has 2 rings (SSSR count). The van der Waals surface area contributed by atoms with Gasteiger partial charge in [0.1, 0.15) is 5.75 Å². The first-order valence-corrected chi connectivity index (χ1v) is 7.90. The molecule has 10 nitrogen and oxygen atoms in total. The summed E-state index contributed by atoms with van der Waals surface area (Å²) in [7, 11) is -4.00. The maximum atomic E-state index is 11.9. The van der Waals surface area contributed by atoms with Gasteiger partial charge in [0.2, 0.25) is 10.0 Å². The van der Waals surface area contributed by atoms with Crippen LogP contribution in [0, 0.1) is 10.1 Å². The minimum Gasteiger partial charge on any atom is -0.506 e. The second-order valence-electron chi connectivity index (χ2n) is 4.61. The van der Waals surface area contributed by atoms with Crippen molar-refractivity contribution in [2.45, 2.75) is 4.90 Å². The zero-order valence-corrected chi connectivity index (χ0v) is 12.8. The maximum absolute atomic E-state index is 11.9. The number of amides is 2. The zero-order valence-electron chi connectivity index (χ0n) is 12.0. The number of benzene rings is 2. The van der Waals surface area contributed by atoms with E-state index >= 15 is 0 Å². The average molecular weight is 352 g/mol. The predicted molar refractivity (Wildman–Crippen MR) is 85.2 cm³/mol. The number of nitro benzene ring substituents is 1. The van der Waals surface area contributed by atoms with Crippen molar-refractivity contribution in [3.05, 3.63) is 52.6 Å². The third-order valence-corrected chi connectivity index (χ3v) is 3.79. The molecule has 0 aliphatic heterocycles. The number of carbonyl (C=O) groups is 1. The van der Waals surface area contributed by atoms with E-state index in [0.29, 0.717) is 0 Å². The van der Waals surface area contributed by atoms with Crippen molar-refractivity contribution in [1.29, 1.82) is 0 Å². The van der Waals surface area contributed by atoms with Crippen LogP contribution in [0.4, 0.5) is 21.9 Å². The molecular formula is C13H12N4O6S. The molecule has 0 spiro atoms. The van der Waals surface area contributed by atoms with Gasteiger partial charge in [0.15, 0.2) is 0 Å². The van der Waals surface area contributed by atoms with E-state index in [2.05, 4.69) is 10.6 Å². The van der Waals surface area contributed by atoms with Gasteiger partial charge in [-0.15, -0.1) is 0 Å². The number of aromatic hydroxyl groups is 1. The van der Waals surface area contributed by atoms with Gasteiger partial charge in [0, 0.05) is 17.8 Å². The van der Waals surface area contributed by atoms with Crippen LogP contribution < -0.4 is 15.8 Å². The lowest BCUT2D eigenvalue weighted by molar-refractivity contribution is -0.384. The Morgan fingerprint density at radius 1 is 1.12 bits per heavy atom. The maximum Gasteiger partial charge on any atom is 0.323 e. The number of anilines is 2. The molecule has 0 bridgehead atoms. The summed E-state index contributed by atoms with van der Waals surface area (Å²) >= 11 is 0. The number of phenols is 1. The number of rotatable bonds is 4. The van der Waals surface area contributed by atoms with Crippen LogP contribution in [0.15, 0.2) is 47.4 Å². The molecule has 0 heterocycles. The number of primary sulfonamides is 1. The lowest BCUT2D eigenvalue weighted by atomic mass is 10.3. The van der Waals surface area contributed by atoms with Crippen LogP contribution >= 0.6 is 0 Å². The number of nitrogens with one attached hydrogen (secondary N) is 2. The van der Waals surface area contributed by atoms with Gasteiger partial charge in [-0.05, 0) is 30.3 Å². The van der Waals surface area contributed by atoms with Gasteiger partial charge in [-0.25, -0.2) is 18.4 Å². The molecule has 24 heavy (non-hydrogen) atoms. The standard InChI is InChI=1S/C13H12N4O6S/c14-24(22,23)10-5-6-12(18)11(7-10)16-13(19)15-8-1-3-9(4-2-8)17(20)21/h1-7,18H,(H2,14,22,23)(H2,15,16,19). The van der Waals surface area contributed by atoms with Crippen LogP contribution in [0.3, 0.4) is 0 Å². The number of carbonyl (C=O) groups excluding carboxylic acids is 1. The normalized spacial score (nSPS) is 10.9. The number of non-ortho nitro benzene ring substituents is 1. The van der Waals surface area contributed by atoms with Crippen molar-refractivity contribution >= 4 is 33.1 Å². The summed E-state index contributed by atoms with van der Waals surface area (Å²) in [5.41, 5.74) is -0.0411. The highest BCUT2D eigenvalue weighted by molar-refractivity contribution is 7.89. The van der Waals surface area contributed by atoms with Gasteiger partial charge in [0.05, 0.1) is 15.5 Å². The van der Waals surface area contributed by atoms with E-state index in [0.717, 1.165) is 18.2 Å². The van der Waals surface area contributed by atoms with Crippen molar-refractivity contribution in [3.8, 4) is 5.75 Å². The fraction of sp³-hybridized carbons (Fsp3) is 0. The van der Waals surface area contributed by atoms with E-state index < -0.39 is 21.0 Å². The van der Waals surface area contributed by atoms with Crippen LogP contribution in [-0.2, 0) is 10.0 Å². The summed E-state index contributed by atoms with van der Waals surface area (Å²) in [5, 5.41) is 29.8. The fourth-order valence-corrected chi connectivity index (χ4v) is 2.28. The summed E-state index contributed by atoms with van der Waals surface area (Å²) in [5.74, 6) is -0.360. The Bertz CT molecular complexity index is 895. The topological polar surface area (TPSA) is 165 Å². The lowest BCUT2D eigenvalue weighted by Gasteiger charge is -2.10. The highest BCUT2D eigenvalue weighted by atomic mass is 32.2. The number of phenolic OH excluding ortho intramolecular Hbond substituents is 1. The molecule has 5 N–H and O–H groups in total. The highest BCUT2D eigenvalue weighted by Gasteiger charge is 2.13. The molecule has 2 amide bonds. The Kier molecular flexibility index (Phi) is 4.66. The van der Waals surface area contributed by atoms with E-state index in [-0.39, 0.29) is 27.7 Å². The summed E-state index contributed by atoms with van der Waals surface area (Å²) in [6.45, 7) is 0. The van der Waals surface area contributed by atoms with Gasteiger partial charge in [-0.3, -0.25) is 10.1 Å². The Balaban J connectivity index is 2.13. The van der Waals surface area contributed by atoms with Crippen LogP contribution in [0.25, 0.3) is 0 Å². The molecule has 0 aromatic heterocycles. The van der Waals surface area contributed by atoms with Gasteiger partial charge in [-0.2, -0.15) is 0 Å². The van der Waals surface area contributed by atoms with E-state index in [9.17, 15) is 28.4 Å². The van der Waals surface area contributed by atoms with Gasteiger partial charge < -0.3 is 15.7 Å². The van der Waals surface area contributed by atoms with E-state index in [1.165, 1.54) is 24.3 Å². The molecule has 0 radical (unpaired) electrons. The summed E-state index contributed by atoms with van der Waals surface area (Å²) < 4.78 is 22.5. The molecule has 0 saturated carbocycles. The van der Waals surface area contributed by atoms with Crippen LogP contribution in [0.5, 0.6) is 5.75 Å². The Hall–Kier alpha value is -3.18. The van der Waals surface area contributed by atoms with Crippen LogP contribution in [0.2, 0.25) is 0 Å². The van der Waals surface area contributed by atoms with E-state index in [1.807, 2.05) is 0 Å². The molecule has 2 aromatic rings. The Morgan fingerprint density at radius 2 is 1.75 bits per heavy atom. The molecule has 0 atom stereocenters. The summed E-state index contributed by atoms with van der Waals surface area (Å²) in [4.78, 5) is 21.5.